The molecule has 20 heavy (non-hydrogen) atoms. The topological polar surface area (TPSA) is 70.8 Å². The molecule has 0 aliphatic carbocycles. The second-order valence-electron chi connectivity index (χ2n) is 5.27. The minimum atomic E-state index is -0.932. The van der Waals surface area contributed by atoms with Gasteiger partial charge >= 0.3 is 5.97 Å². The second-order valence-corrected chi connectivity index (χ2v) is 5.27. The molecule has 1 saturated heterocycles. The maximum atomic E-state index is 12.4. The van der Waals surface area contributed by atoms with Crippen LogP contribution in [-0.4, -0.2) is 34.5 Å². The zero-order chi connectivity index (χ0) is 14.7. The van der Waals surface area contributed by atoms with Gasteiger partial charge in [0.25, 0.3) is 5.91 Å². The first-order valence-corrected chi connectivity index (χ1v) is 7.19. The van der Waals surface area contributed by atoms with Gasteiger partial charge in [-0.15, -0.1) is 0 Å². The Morgan fingerprint density at radius 1 is 1.40 bits per heavy atom. The van der Waals surface area contributed by atoms with E-state index in [4.69, 9.17) is 4.42 Å². The second kappa shape index (κ2) is 6.11. The molecule has 5 nitrogen and oxygen atoms in total. The van der Waals surface area contributed by atoms with Gasteiger partial charge in [-0.25, -0.2) is 4.79 Å². The molecule has 0 aromatic carbocycles. The molecule has 1 fully saturated rings. The van der Waals surface area contributed by atoms with Gasteiger partial charge in [-0.3, -0.25) is 4.79 Å². The molecule has 2 atom stereocenters. The summed E-state index contributed by atoms with van der Waals surface area (Å²) in [6.07, 6.45) is 3.05. The molecule has 1 aromatic heterocycles. The highest BCUT2D eigenvalue weighted by atomic mass is 16.4. The van der Waals surface area contributed by atoms with Gasteiger partial charge in [0.1, 0.15) is 11.8 Å². The van der Waals surface area contributed by atoms with Crippen LogP contribution in [0.25, 0.3) is 0 Å². The lowest BCUT2D eigenvalue weighted by atomic mass is 9.88. The van der Waals surface area contributed by atoms with E-state index in [-0.39, 0.29) is 11.7 Å². The minimum absolute atomic E-state index is 0.239. The lowest BCUT2D eigenvalue weighted by Crippen LogP contribution is -2.50. The molecule has 0 radical (unpaired) electrons. The van der Waals surface area contributed by atoms with Gasteiger partial charge in [0.05, 0.1) is 0 Å². The molecule has 2 rings (SSSR count). The largest absolute Gasteiger partial charge is 0.480 e. The van der Waals surface area contributed by atoms with E-state index >= 15 is 0 Å². The number of hydrogen-bond acceptors (Lipinski definition) is 3. The van der Waals surface area contributed by atoms with Crippen molar-refractivity contribution in [3.05, 3.63) is 23.7 Å². The maximum Gasteiger partial charge on any atom is 0.326 e. The van der Waals surface area contributed by atoms with Crippen molar-refractivity contribution in [3.63, 3.8) is 0 Å². The summed E-state index contributed by atoms with van der Waals surface area (Å²) in [6.45, 7) is 4.48. The number of aliphatic carboxylic acids is 1. The third-order valence-electron chi connectivity index (χ3n) is 4.06. The molecule has 5 heteroatoms. The predicted octanol–water partition coefficient (Wildman–Crippen LogP) is 2.56. The minimum Gasteiger partial charge on any atom is -0.480 e. The summed E-state index contributed by atoms with van der Waals surface area (Å²) in [5.74, 6) is 0.111. The smallest absolute Gasteiger partial charge is 0.326 e. The fourth-order valence-electron chi connectivity index (χ4n) is 2.71. The van der Waals surface area contributed by atoms with E-state index in [0.29, 0.717) is 25.3 Å². The summed E-state index contributed by atoms with van der Waals surface area (Å²) in [5, 5.41) is 9.34. The number of likely N-dealkylation sites (tertiary alicyclic amines) is 1. The van der Waals surface area contributed by atoms with Crippen molar-refractivity contribution in [1.29, 1.82) is 0 Å². The molecule has 0 spiro atoms. The Morgan fingerprint density at radius 3 is 2.70 bits per heavy atom. The van der Waals surface area contributed by atoms with Crippen LogP contribution in [-0.2, 0) is 11.2 Å². The van der Waals surface area contributed by atoms with Crippen LogP contribution in [0.1, 0.15) is 49.4 Å². The summed E-state index contributed by atoms with van der Waals surface area (Å²) >= 11 is 0. The summed E-state index contributed by atoms with van der Waals surface area (Å²) in [6, 6.07) is 2.66. The normalized spacial score (nSPS) is 22.8. The van der Waals surface area contributed by atoms with Crippen LogP contribution >= 0.6 is 0 Å². The average molecular weight is 279 g/mol. The van der Waals surface area contributed by atoms with E-state index in [2.05, 4.69) is 6.92 Å². The Morgan fingerprint density at radius 2 is 2.15 bits per heavy atom. The summed E-state index contributed by atoms with van der Waals surface area (Å²) in [4.78, 5) is 25.2. The number of furan rings is 1. The van der Waals surface area contributed by atoms with Gasteiger partial charge in [-0.1, -0.05) is 20.3 Å². The fourth-order valence-corrected chi connectivity index (χ4v) is 2.71. The SMILES string of the molecule is CCc1ccc(C(=O)N2CCC(CC)CC2C(=O)O)o1. The van der Waals surface area contributed by atoms with Gasteiger partial charge < -0.3 is 14.4 Å². The number of hydrogen-bond donors (Lipinski definition) is 1. The van der Waals surface area contributed by atoms with Crippen molar-refractivity contribution >= 4 is 11.9 Å². The number of piperidine rings is 1. The quantitative estimate of drug-likeness (QED) is 0.919. The van der Waals surface area contributed by atoms with Crippen LogP contribution in [0.2, 0.25) is 0 Å². The van der Waals surface area contributed by atoms with Crippen LogP contribution in [0.15, 0.2) is 16.5 Å². The van der Waals surface area contributed by atoms with E-state index in [9.17, 15) is 14.7 Å². The van der Waals surface area contributed by atoms with Crippen molar-refractivity contribution in [1.82, 2.24) is 4.90 Å². The summed E-state index contributed by atoms with van der Waals surface area (Å²) in [5.41, 5.74) is 0. The molecular formula is C15H21NO4. The number of aryl methyl sites for hydroxylation is 1. The fraction of sp³-hybridized carbons (Fsp3) is 0.600. The average Bonchev–Trinajstić information content (AvgIpc) is 2.94. The number of rotatable bonds is 4. The molecule has 2 unspecified atom stereocenters. The van der Waals surface area contributed by atoms with Crippen LogP contribution < -0.4 is 0 Å². The number of amides is 1. The highest BCUT2D eigenvalue weighted by Gasteiger charge is 2.36. The Hall–Kier alpha value is -1.78. The highest BCUT2D eigenvalue weighted by Crippen LogP contribution is 2.27. The first-order chi connectivity index (χ1) is 9.56. The van der Waals surface area contributed by atoms with Crippen LogP contribution in [0.3, 0.4) is 0 Å². The molecular weight excluding hydrogens is 258 g/mol. The standard InChI is InChI=1S/C15H21NO4/c1-3-10-7-8-16(12(9-10)15(18)19)14(17)13-6-5-11(4-2)20-13/h5-6,10,12H,3-4,7-9H2,1-2H3,(H,18,19). The van der Waals surface area contributed by atoms with E-state index in [1.807, 2.05) is 6.92 Å². The van der Waals surface area contributed by atoms with Crippen molar-refractivity contribution < 1.29 is 19.1 Å². The van der Waals surface area contributed by atoms with Gasteiger partial charge in [0, 0.05) is 13.0 Å². The summed E-state index contributed by atoms with van der Waals surface area (Å²) < 4.78 is 5.44. The van der Waals surface area contributed by atoms with Crippen LogP contribution in [0.5, 0.6) is 0 Å². The molecule has 1 N–H and O–H groups in total. The Kier molecular flexibility index (Phi) is 4.47. The number of nitrogens with zero attached hydrogens (tertiary/aromatic N) is 1. The number of carbonyl (C=O) groups is 2. The molecule has 2 heterocycles. The van der Waals surface area contributed by atoms with E-state index < -0.39 is 12.0 Å². The molecule has 1 amide bonds. The zero-order valence-corrected chi connectivity index (χ0v) is 12.0. The van der Waals surface area contributed by atoms with Crippen molar-refractivity contribution in [2.75, 3.05) is 6.54 Å². The van der Waals surface area contributed by atoms with Crippen molar-refractivity contribution in [3.8, 4) is 0 Å². The first kappa shape index (κ1) is 14.6. The monoisotopic (exact) mass is 279 g/mol. The third-order valence-corrected chi connectivity index (χ3v) is 4.06. The lowest BCUT2D eigenvalue weighted by molar-refractivity contribution is -0.144. The molecule has 0 saturated carbocycles. The molecule has 1 aliphatic rings. The summed E-state index contributed by atoms with van der Waals surface area (Å²) in [7, 11) is 0. The van der Waals surface area contributed by atoms with Gasteiger partial charge in [-0.2, -0.15) is 0 Å². The molecule has 110 valence electrons. The Balaban J connectivity index is 2.16. The van der Waals surface area contributed by atoms with E-state index in [1.165, 1.54) is 4.90 Å². The van der Waals surface area contributed by atoms with Crippen LogP contribution in [0, 0.1) is 5.92 Å². The van der Waals surface area contributed by atoms with Gasteiger partial charge in [-0.05, 0) is 30.9 Å². The highest BCUT2D eigenvalue weighted by molar-refractivity contribution is 5.94. The Labute approximate surface area is 118 Å². The number of carbonyl (C=O) groups excluding carboxylic acids is 1. The van der Waals surface area contributed by atoms with Crippen molar-refractivity contribution in [2.24, 2.45) is 5.92 Å². The zero-order valence-electron chi connectivity index (χ0n) is 12.0. The third kappa shape index (κ3) is 2.86. The maximum absolute atomic E-state index is 12.4. The molecule has 1 aliphatic heterocycles. The number of carboxylic acids is 1. The van der Waals surface area contributed by atoms with Crippen LogP contribution in [0.4, 0.5) is 0 Å². The predicted molar refractivity (Wildman–Crippen MR) is 73.6 cm³/mol. The van der Waals surface area contributed by atoms with Crippen molar-refractivity contribution in [2.45, 2.75) is 45.6 Å². The molecule has 0 bridgehead atoms. The van der Waals surface area contributed by atoms with Gasteiger partial charge in [0.15, 0.2) is 5.76 Å². The van der Waals surface area contributed by atoms with Gasteiger partial charge in [0.2, 0.25) is 0 Å². The van der Waals surface area contributed by atoms with E-state index in [0.717, 1.165) is 18.6 Å². The lowest BCUT2D eigenvalue weighted by Gasteiger charge is -2.36. The van der Waals surface area contributed by atoms with E-state index in [1.54, 1.807) is 12.1 Å². The molecule has 1 aromatic rings. The first-order valence-electron chi connectivity index (χ1n) is 7.19. The Bertz CT molecular complexity index is 494. The number of carboxylic acid groups (broad SMARTS) is 1.